The van der Waals surface area contributed by atoms with Gasteiger partial charge in [-0.1, -0.05) is 0 Å². The number of hydrogen-bond donors (Lipinski definition) is 5. The molecule has 3 rings (SSSR count). The van der Waals surface area contributed by atoms with Crippen LogP contribution < -0.4 is 14.2 Å². The molecule has 174 valence electrons. The summed E-state index contributed by atoms with van der Waals surface area (Å²) in [5, 5.41) is 49.9. The normalized spacial score (nSPS) is 25.1. The summed E-state index contributed by atoms with van der Waals surface area (Å²) >= 11 is 0. The second-order valence-electron chi connectivity index (χ2n) is 6.95. The van der Waals surface area contributed by atoms with E-state index in [-0.39, 0.29) is 34.3 Å². The average Bonchev–Trinajstić information content (AvgIpc) is 2.79. The molecule has 2 aromatic carbocycles. The monoisotopic (exact) mass is 452 g/mol. The van der Waals surface area contributed by atoms with Gasteiger partial charge in [0, 0.05) is 6.07 Å². The Morgan fingerprint density at radius 3 is 2.19 bits per heavy atom. The molecule has 5 atom stereocenters. The molecule has 1 heterocycles. The van der Waals surface area contributed by atoms with Crippen molar-refractivity contribution < 1.29 is 54.0 Å². The molecule has 1 saturated heterocycles. The Morgan fingerprint density at radius 1 is 0.906 bits per heavy atom. The van der Waals surface area contributed by atoms with Gasteiger partial charge in [0.2, 0.25) is 6.29 Å². The van der Waals surface area contributed by atoms with Crippen molar-refractivity contribution >= 4 is 5.97 Å². The molecule has 5 N–H and O–H groups in total. The Bertz CT molecular complexity index is 947. The van der Waals surface area contributed by atoms with Crippen LogP contribution in [0.15, 0.2) is 36.4 Å². The summed E-state index contributed by atoms with van der Waals surface area (Å²) in [5.74, 6) is -0.735. The van der Waals surface area contributed by atoms with E-state index in [1.807, 2.05) is 0 Å². The van der Waals surface area contributed by atoms with Crippen LogP contribution in [0.5, 0.6) is 28.7 Å². The fourth-order valence-electron chi connectivity index (χ4n) is 3.06. The predicted octanol–water partition coefficient (Wildman–Crippen LogP) is 0.158. The van der Waals surface area contributed by atoms with Gasteiger partial charge in [0.05, 0.1) is 19.8 Å². The van der Waals surface area contributed by atoms with E-state index in [0.717, 1.165) is 0 Å². The minimum absolute atomic E-state index is 0.0738. The SMILES string of the molecule is COc1cc(O[C@@H]2O[C@H](COC(=O)c3ccc(O)c(OC)c3)[C@@H](O)[C@H](O)[C@H]2O)ccc1O. The molecule has 11 nitrogen and oxygen atoms in total. The maximum absolute atomic E-state index is 12.3. The zero-order valence-corrected chi connectivity index (χ0v) is 17.2. The van der Waals surface area contributed by atoms with E-state index < -0.39 is 43.3 Å². The number of aromatic hydroxyl groups is 2. The number of hydrogen-bond acceptors (Lipinski definition) is 11. The van der Waals surface area contributed by atoms with E-state index in [2.05, 4.69) is 0 Å². The molecular formula is C21H24O11. The Kier molecular flexibility index (Phi) is 7.26. The topological polar surface area (TPSA) is 164 Å². The fraction of sp³-hybridized carbons (Fsp3) is 0.381. The van der Waals surface area contributed by atoms with Crippen molar-refractivity contribution in [2.75, 3.05) is 20.8 Å². The minimum Gasteiger partial charge on any atom is -0.504 e. The fourth-order valence-corrected chi connectivity index (χ4v) is 3.06. The van der Waals surface area contributed by atoms with Crippen molar-refractivity contribution in [2.24, 2.45) is 0 Å². The van der Waals surface area contributed by atoms with Crippen molar-refractivity contribution in [2.45, 2.75) is 30.7 Å². The van der Waals surface area contributed by atoms with Gasteiger partial charge in [-0.15, -0.1) is 0 Å². The Labute approximate surface area is 182 Å². The number of esters is 1. The Balaban J connectivity index is 1.68. The largest absolute Gasteiger partial charge is 0.504 e. The molecule has 32 heavy (non-hydrogen) atoms. The molecule has 1 aliphatic rings. The van der Waals surface area contributed by atoms with Gasteiger partial charge in [-0.05, 0) is 30.3 Å². The number of rotatable bonds is 7. The van der Waals surface area contributed by atoms with E-state index in [1.165, 1.54) is 50.6 Å². The molecule has 0 radical (unpaired) electrons. The second kappa shape index (κ2) is 9.92. The van der Waals surface area contributed by atoms with Gasteiger partial charge in [-0.25, -0.2) is 4.79 Å². The second-order valence-corrected chi connectivity index (χ2v) is 6.95. The van der Waals surface area contributed by atoms with Gasteiger partial charge >= 0.3 is 5.97 Å². The summed E-state index contributed by atoms with van der Waals surface area (Å²) in [7, 11) is 2.67. The molecule has 0 amide bonds. The van der Waals surface area contributed by atoms with Crippen LogP contribution in [0.1, 0.15) is 10.4 Å². The first-order valence-electron chi connectivity index (χ1n) is 9.52. The van der Waals surface area contributed by atoms with Crippen LogP contribution >= 0.6 is 0 Å². The summed E-state index contributed by atoms with van der Waals surface area (Å²) < 4.78 is 26.1. The smallest absolute Gasteiger partial charge is 0.338 e. The maximum atomic E-state index is 12.3. The molecule has 0 aliphatic carbocycles. The molecule has 11 heteroatoms. The Hall–Kier alpha value is -3.25. The number of phenolic OH excluding ortho intramolecular Hbond substituents is 2. The van der Waals surface area contributed by atoms with Crippen molar-refractivity contribution in [3.8, 4) is 28.7 Å². The van der Waals surface area contributed by atoms with Crippen LogP contribution in [0.4, 0.5) is 0 Å². The molecule has 0 bridgehead atoms. The number of benzene rings is 2. The van der Waals surface area contributed by atoms with Crippen molar-refractivity contribution in [3.63, 3.8) is 0 Å². The number of carbonyl (C=O) groups excluding carboxylic acids is 1. The number of aliphatic hydroxyl groups excluding tert-OH is 3. The number of carbonyl (C=O) groups is 1. The Morgan fingerprint density at radius 2 is 1.53 bits per heavy atom. The van der Waals surface area contributed by atoms with Gasteiger partial charge in [0.25, 0.3) is 0 Å². The summed E-state index contributed by atoms with van der Waals surface area (Å²) in [6.45, 7) is -0.467. The number of methoxy groups -OCH3 is 2. The molecule has 0 aromatic heterocycles. The zero-order valence-electron chi connectivity index (χ0n) is 17.2. The lowest BCUT2D eigenvalue weighted by atomic mass is 9.99. The number of phenols is 2. The van der Waals surface area contributed by atoms with Crippen LogP contribution in [0.25, 0.3) is 0 Å². The third-order valence-electron chi connectivity index (χ3n) is 4.87. The first-order valence-corrected chi connectivity index (χ1v) is 9.52. The van der Waals surface area contributed by atoms with Gasteiger partial charge < -0.3 is 49.2 Å². The van der Waals surface area contributed by atoms with Gasteiger partial charge in [0.15, 0.2) is 23.0 Å². The van der Waals surface area contributed by atoms with E-state index >= 15 is 0 Å². The highest BCUT2D eigenvalue weighted by molar-refractivity contribution is 5.90. The third kappa shape index (κ3) is 4.97. The standard InChI is InChI=1S/C21H24O11/c1-28-14-7-10(3-5-12(14)22)20(27)30-9-16-17(24)18(25)19(26)21(32-16)31-11-4-6-13(23)15(8-11)29-2/h3-8,16-19,21-26H,9H2,1-2H3/t16-,17-,18+,19-,21-/m1/s1. The molecule has 2 aromatic rings. The lowest BCUT2D eigenvalue weighted by molar-refractivity contribution is -0.277. The highest BCUT2D eigenvalue weighted by atomic mass is 16.7. The highest BCUT2D eigenvalue weighted by Crippen LogP contribution is 2.32. The first kappa shape index (κ1) is 23.4. The lowest BCUT2D eigenvalue weighted by Crippen LogP contribution is -2.60. The maximum Gasteiger partial charge on any atom is 0.338 e. The van der Waals surface area contributed by atoms with Gasteiger partial charge in [-0.3, -0.25) is 0 Å². The molecule has 1 fully saturated rings. The summed E-state index contributed by atoms with van der Waals surface area (Å²) in [6, 6.07) is 7.89. The summed E-state index contributed by atoms with van der Waals surface area (Å²) in [6.07, 6.45) is -7.47. The molecule has 0 spiro atoms. The predicted molar refractivity (Wildman–Crippen MR) is 107 cm³/mol. The van der Waals surface area contributed by atoms with Crippen LogP contribution in [0.3, 0.4) is 0 Å². The van der Waals surface area contributed by atoms with E-state index in [9.17, 15) is 30.3 Å². The van der Waals surface area contributed by atoms with Crippen LogP contribution in [-0.2, 0) is 9.47 Å². The number of aliphatic hydroxyl groups is 3. The lowest BCUT2D eigenvalue weighted by Gasteiger charge is -2.39. The van der Waals surface area contributed by atoms with Crippen LogP contribution in [0.2, 0.25) is 0 Å². The van der Waals surface area contributed by atoms with Gasteiger partial charge in [-0.2, -0.15) is 0 Å². The number of ether oxygens (including phenoxy) is 5. The average molecular weight is 452 g/mol. The zero-order chi connectivity index (χ0) is 23.4. The van der Waals surface area contributed by atoms with Crippen LogP contribution in [0, 0.1) is 0 Å². The third-order valence-corrected chi connectivity index (χ3v) is 4.87. The van der Waals surface area contributed by atoms with Crippen LogP contribution in [-0.4, -0.2) is 83.0 Å². The summed E-state index contributed by atoms with van der Waals surface area (Å²) in [4.78, 5) is 12.3. The molecular weight excluding hydrogens is 428 g/mol. The molecule has 0 saturated carbocycles. The van der Waals surface area contributed by atoms with Gasteiger partial charge in [0.1, 0.15) is 36.8 Å². The van der Waals surface area contributed by atoms with Crippen molar-refractivity contribution in [1.82, 2.24) is 0 Å². The quantitative estimate of drug-likeness (QED) is 0.363. The van der Waals surface area contributed by atoms with E-state index in [1.54, 1.807) is 0 Å². The van der Waals surface area contributed by atoms with Crippen molar-refractivity contribution in [1.29, 1.82) is 0 Å². The van der Waals surface area contributed by atoms with E-state index in [0.29, 0.717) is 0 Å². The molecule has 1 aliphatic heterocycles. The minimum atomic E-state index is -1.65. The molecule has 0 unspecified atom stereocenters. The summed E-state index contributed by atoms with van der Waals surface area (Å²) in [5.41, 5.74) is 0.0783. The van der Waals surface area contributed by atoms with Crippen molar-refractivity contribution in [3.05, 3.63) is 42.0 Å². The first-order chi connectivity index (χ1) is 15.2. The van der Waals surface area contributed by atoms with E-state index in [4.69, 9.17) is 23.7 Å². The highest BCUT2D eigenvalue weighted by Gasteiger charge is 2.45.